The average molecular weight is 238 g/mol. The van der Waals surface area contributed by atoms with Crippen LogP contribution in [0.3, 0.4) is 0 Å². The standard InChI is InChI=1S/C13H18O4/c1-13(2,15)17-11(9-12(14)16-3)10-7-5-4-6-8-10/h4-8,11,15H,9H2,1-3H3/t11-/m1/s1. The molecule has 0 spiro atoms. The first-order valence-electron chi connectivity index (χ1n) is 5.44. The minimum absolute atomic E-state index is 0.0739. The second kappa shape index (κ2) is 5.80. The number of benzene rings is 1. The van der Waals surface area contributed by atoms with E-state index >= 15 is 0 Å². The van der Waals surface area contributed by atoms with Crippen LogP contribution in [0.15, 0.2) is 30.3 Å². The van der Waals surface area contributed by atoms with Crippen LogP contribution in [-0.4, -0.2) is 24.0 Å². The van der Waals surface area contributed by atoms with Gasteiger partial charge in [0.05, 0.1) is 19.6 Å². The summed E-state index contributed by atoms with van der Waals surface area (Å²) in [6.07, 6.45) is -0.437. The van der Waals surface area contributed by atoms with Crippen molar-refractivity contribution in [3.05, 3.63) is 35.9 Å². The molecule has 0 amide bonds. The quantitative estimate of drug-likeness (QED) is 0.630. The van der Waals surface area contributed by atoms with Gasteiger partial charge in [0.1, 0.15) is 0 Å². The van der Waals surface area contributed by atoms with Crippen LogP contribution >= 0.6 is 0 Å². The highest BCUT2D eigenvalue weighted by Crippen LogP contribution is 2.26. The Bertz CT molecular complexity index is 353. The van der Waals surface area contributed by atoms with Crippen molar-refractivity contribution < 1.29 is 19.4 Å². The average Bonchev–Trinajstić information content (AvgIpc) is 2.27. The van der Waals surface area contributed by atoms with Crippen molar-refractivity contribution in [2.45, 2.75) is 32.2 Å². The lowest BCUT2D eigenvalue weighted by Gasteiger charge is -2.26. The van der Waals surface area contributed by atoms with Crippen molar-refractivity contribution in [2.24, 2.45) is 0 Å². The molecule has 4 nitrogen and oxygen atoms in total. The minimum atomic E-state index is -1.30. The van der Waals surface area contributed by atoms with E-state index in [9.17, 15) is 9.90 Å². The molecule has 0 aliphatic carbocycles. The van der Waals surface area contributed by atoms with Crippen LogP contribution in [0.25, 0.3) is 0 Å². The van der Waals surface area contributed by atoms with Crippen LogP contribution in [0, 0.1) is 0 Å². The SMILES string of the molecule is COC(=O)C[C@@H](OC(C)(C)O)c1ccccc1. The zero-order chi connectivity index (χ0) is 12.9. The summed E-state index contributed by atoms with van der Waals surface area (Å²) in [5.74, 6) is -1.67. The maximum Gasteiger partial charge on any atom is 0.308 e. The van der Waals surface area contributed by atoms with Gasteiger partial charge < -0.3 is 14.6 Å². The largest absolute Gasteiger partial charge is 0.469 e. The molecule has 0 heterocycles. The Labute approximate surface area is 101 Å². The van der Waals surface area contributed by atoms with Gasteiger partial charge in [-0.3, -0.25) is 4.79 Å². The van der Waals surface area contributed by atoms with E-state index in [1.807, 2.05) is 30.3 Å². The Morgan fingerprint density at radius 3 is 2.41 bits per heavy atom. The van der Waals surface area contributed by atoms with E-state index in [0.717, 1.165) is 5.56 Å². The maximum absolute atomic E-state index is 11.3. The molecule has 0 saturated heterocycles. The second-order valence-corrected chi connectivity index (χ2v) is 4.24. The first kappa shape index (κ1) is 13.7. The van der Waals surface area contributed by atoms with E-state index in [0.29, 0.717) is 0 Å². The number of carbonyl (C=O) groups excluding carboxylic acids is 1. The van der Waals surface area contributed by atoms with E-state index in [-0.39, 0.29) is 12.4 Å². The molecular weight excluding hydrogens is 220 g/mol. The summed E-state index contributed by atoms with van der Waals surface area (Å²) in [6, 6.07) is 9.28. The Balaban J connectivity index is 2.83. The normalized spacial score (nSPS) is 13.2. The van der Waals surface area contributed by atoms with Crippen LogP contribution < -0.4 is 0 Å². The lowest BCUT2D eigenvalue weighted by molar-refractivity contribution is -0.211. The lowest BCUT2D eigenvalue weighted by atomic mass is 10.1. The highest BCUT2D eigenvalue weighted by molar-refractivity contribution is 5.70. The van der Waals surface area contributed by atoms with Gasteiger partial charge in [0, 0.05) is 0 Å². The molecule has 0 unspecified atom stereocenters. The number of esters is 1. The molecule has 1 N–H and O–H groups in total. The highest BCUT2D eigenvalue weighted by Gasteiger charge is 2.24. The van der Waals surface area contributed by atoms with E-state index < -0.39 is 11.9 Å². The number of hydrogen-bond acceptors (Lipinski definition) is 4. The monoisotopic (exact) mass is 238 g/mol. The molecule has 1 rings (SSSR count). The van der Waals surface area contributed by atoms with Gasteiger partial charge in [-0.2, -0.15) is 0 Å². The first-order chi connectivity index (χ1) is 7.92. The van der Waals surface area contributed by atoms with Crippen molar-refractivity contribution >= 4 is 5.97 Å². The molecule has 0 saturated carbocycles. The highest BCUT2D eigenvalue weighted by atomic mass is 16.6. The van der Waals surface area contributed by atoms with Crippen molar-refractivity contribution in [2.75, 3.05) is 7.11 Å². The Morgan fingerprint density at radius 1 is 1.35 bits per heavy atom. The molecule has 4 heteroatoms. The summed E-state index contributed by atoms with van der Waals surface area (Å²) in [4.78, 5) is 11.3. The zero-order valence-electron chi connectivity index (χ0n) is 10.3. The van der Waals surface area contributed by atoms with Gasteiger partial charge in [-0.25, -0.2) is 0 Å². The molecule has 1 atom stereocenters. The Hall–Kier alpha value is -1.39. The smallest absolute Gasteiger partial charge is 0.308 e. The van der Waals surface area contributed by atoms with Crippen molar-refractivity contribution in [1.29, 1.82) is 0 Å². The van der Waals surface area contributed by atoms with Crippen molar-refractivity contribution in [1.82, 2.24) is 0 Å². The fourth-order valence-corrected chi connectivity index (χ4v) is 1.48. The van der Waals surface area contributed by atoms with Crippen molar-refractivity contribution in [3.63, 3.8) is 0 Å². The molecule has 1 aromatic rings. The number of methoxy groups -OCH3 is 1. The van der Waals surface area contributed by atoms with Gasteiger partial charge in [0.2, 0.25) is 0 Å². The molecule has 1 aromatic carbocycles. The number of aliphatic hydroxyl groups is 1. The second-order valence-electron chi connectivity index (χ2n) is 4.24. The third kappa shape index (κ3) is 4.97. The van der Waals surface area contributed by atoms with Gasteiger partial charge >= 0.3 is 5.97 Å². The molecule has 0 bridgehead atoms. The third-order valence-electron chi connectivity index (χ3n) is 2.18. The minimum Gasteiger partial charge on any atom is -0.469 e. The molecule has 0 aliphatic rings. The lowest BCUT2D eigenvalue weighted by Crippen LogP contribution is -2.27. The first-order valence-corrected chi connectivity index (χ1v) is 5.44. The van der Waals surface area contributed by atoms with Crippen LogP contribution in [0.4, 0.5) is 0 Å². The number of ether oxygens (including phenoxy) is 2. The molecule has 0 radical (unpaired) electrons. The Kier molecular flexibility index (Phi) is 4.66. The fraction of sp³-hybridized carbons (Fsp3) is 0.462. The summed E-state index contributed by atoms with van der Waals surface area (Å²) in [5, 5.41) is 9.66. The summed E-state index contributed by atoms with van der Waals surface area (Å²) in [5.41, 5.74) is 0.833. The fourth-order valence-electron chi connectivity index (χ4n) is 1.48. The van der Waals surface area contributed by atoms with Crippen LogP contribution in [0.1, 0.15) is 31.9 Å². The number of carbonyl (C=O) groups is 1. The molecule has 0 fully saturated rings. The number of rotatable bonds is 5. The predicted octanol–water partition coefficient (Wildman–Crippen LogP) is 2.04. The van der Waals surface area contributed by atoms with Gasteiger partial charge in [-0.05, 0) is 19.4 Å². The molecular formula is C13H18O4. The molecule has 0 aromatic heterocycles. The Morgan fingerprint density at radius 2 is 1.94 bits per heavy atom. The maximum atomic E-state index is 11.3. The molecule has 17 heavy (non-hydrogen) atoms. The van der Waals surface area contributed by atoms with Gasteiger partial charge in [-0.15, -0.1) is 0 Å². The van der Waals surface area contributed by atoms with Crippen LogP contribution in [-0.2, 0) is 14.3 Å². The number of hydrogen-bond donors (Lipinski definition) is 1. The summed E-state index contributed by atoms with van der Waals surface area (Å²) in [6.45, 7) is 3.06. The molecule has 0 aliphatic heterocycles. The topological polar surface area (TPSA) is 55.8 Å². The van der Waals surface area contributed by atoms with Crippen molar-refractivity contribution in [3.8, 4) is 0 Å². The van der Waals surface area contributed by atoms with Gasteiger partial charge in [-0.1, -0.05) is 30.3 Å². The van der Waals surface area contributed by atoms with E-state index in [1.165, 1.54) is 21.0 Å². The van der Waals surface area contributed by atoms with Crippen LogP contribution in [0.5, 0.6) is 0 Å². The van der Waals surface area contributed by atoms with Gasteiger partial charge in [0.25, 0.3) is 0 Å². The van der Waals surface area contributed by atoms with Gasteiger partial charge in [0.15, 0.2) is 5.79 Å². The predicted molar refractivity (Wildman–Crippen MR) is 63.2 cm³/mol. The zero-order valence-corrected chi connectivity index (χ0v) is 10.3. The summed E-state index contributed by atoms with van der Waals surface area (Å²) < 4.78 is 10.1. The summed E-state index contributed by atoms with van der Waals surface area (Å²) >= 11 is 0. The molecule has 94 valence electrons. The summed E-state index contributed by atoms with van der Waals surface area (Å²) in [7, 11) is 1.33. The third-order valence-corrected chi connectivity index (χ3v) is 2.18. The van der Waals surface area contributed by atoms with Crippen LogP contribution in [0.2, 0.25) is 0 Å². The van der Waals surface area contributed by atoms with E-state index in [1.54, 1.807) is 0 Å². The van der Waals surface area contributed by atoms with E-state index in [4.69, 9.17) is 4.74 Å². The van der Waals surface area contributed by atoms with E-state index in [2.05, 4.69) is 4.74 Å².